The molecule has 0 radical (unpaired) electrons. The van der Waals surface area contributed by atoms with Gasteiger partial charge < -0.3 is 9.72 Å². The van der Waals surface area contributed by atoms with Crippen LogP contribution in [0.25, 0.3) is 22.0 Å². The predicted octanol–water partition coefficient (Wildman–Crippen LogP) is 7.02. The molecule has 1 heterocycles. The van der Waals surface area contributed by atoms with Gasteiger partial charge in [-0.2, -0.15) is 0 Å². The lowest BCUT2D eigenvalue weighted by molar-refractivity contribution is 0.409. The smallest absolute Gasteiger partial charge is 0.123 e. The van der Waals surface area contributed by atoms with Gasteiger partial charge in [-0.1, -0.05) is 97.1 Å². The van der Waals surface area contributed by atoms with Crippen LogP contribution < -0.4 is 4.74 Å². The molecule has 0 aliphatic carbocycles. The summed E-state index contributed by atoms with van der Waals surface area (Å²) < 4.78 is 5.78. The Kier molecular flexibility index (Phi) is 4.82. The Balaban J connectivity index is 1.85. The molecule has 0 bridgehead atoms. The molecule has 30 heavy (non-hydrogen) atoms. The number of aromatic nitrogens is 1. The first-order chi connectivity index (χ1) is 14.9. The van der Waals surface area contributed by atoms with E-state index in [2.05, 4.69) is 102 Å². The quantitative estimate of drug-likeness (QED) is 0.343. The molecule has 5 aromatic rings. The van der Waals surface area contributed by atoms with Crippen LogP contribution in [0.4, 0.5) is 0 Å². The SMILES string of the molecule is COc1ccccc1C(c1ccccc1)c1[nH]c2ccccc2c1-c1ccccc1. The van der Waals surface area contributed by atoms with E-state index in [9.17, 15) is 0 Å². The molecule has 0 fully saturated rings. The van der Waals surface area contributed by atoms with Crippen molar-refractivity contribution in [2.45, 2.75) is 5.92 Å². The summed E-state index contributed by atoms with van der Waals surface area (Å²) in [7, 11) is 1.74. The number of benzene rings is 4. The van der Waals surface area contributed by atoms with Gasteiger partial charge in [0.05, 0.1) is 13.0 Å². The predicted molar refractivity (Wildman–Crippen MR) is 124 cm³/mol. The van der Waals surface area contributed by atoms with Crippen LogP contribution in [0.2, 0.25) is 0 Å². The van der Waals surface area contributed by atoms with E-state index in [4.69, 9.17) is 4.74 Å². The fourth-order valence-corrected chi connectivity index (χ4v) is 4.35. The van der Waals surface area contributed by atoms with Crippen molar-refractivity contribution in [3.8, 4) is 16.9 Å². The maximum Gasteiger partial charge on any atom is 0.123 e. The summed E-state index contributed by atoms with van der Waals surface area (Å²) in [6, 6.07) is 38.1. The van der Waals surface area contributed by atoms with E-state index in [1.165, 1.54) is 27.8 Å². The average molecular weight is 389 g/mol. The van der Waals surface area contributed by atoms with E-state index in [0.717, 1.165) is 16.8 Å². The van der Waals surface area contributed by atoms with E-state index < -0.39 is 0 Å². The first-order valence-corrected chi connectivity index (χ1v) is 10.2. The molecule has 1 atom stereocenters. The van der Waals surface area contributed by atoms with Crippen molar-refractivity contribution < 1.29 is 4.74 Å². The molecular weight excluding hydrogens is 366 g/mol. The van der Waals surface area contributed by atoms with Crippen LogP contribution in [-0.2, 0) is 0 Å². The van der Waals surface area contributed by atoms with Crippen molar-refractivity contribution in [3.63, 3.8) is 0 Å². The number of rotatable bonds is 5. The number of fused-ring (bicyclic) bond motifs is 1. The van der Waals surface area contributed by atoms with Crippen molar-refractivity contribution in [2.24, 2.45) is 0 Å². The highest BCUT2D eigenvalue weighted by Gasteiger charge is 2.26. The summed E-state index contributed by atoms with van der Waals surface area (Å²) in [6.07, 6.45) is 0. The molecule has 4 aromatic carbocycles. The molecule has 146 valence electrons. The van der Waals surface area contributed by atoms with E-state index in [1.807, 2.05) is 12.1 Å². The number of para-hydroxylation sites is 2. The van der Waals surface area contributed by atoms with Crippen LogP contribution in [-0.4, -0.2) is 12.1 Å². The van der Waals surface area contributed by atoms with Gasteiger partial charge >= 0.3 is 0 Å². The van der Waals surface area contributed by atoms with Gasteiger partial charge in [0, 0.05) is 27.7 Å². The number of ether oxygens (including phenoxy) is 1. The number of methoxy groups -OCH3 is 1. The molecule has 5 rings (SSSR count). The molecule has 1 N–H and O–H groups in total. The highest BCUT2D eigenvalue weighted by molar-refractivity contribution is 5.98. The molecule has 2 heteroatoms. The lowest BCUT2D eigenvalue weighted by Crippen LogP contribution is -2.07. The van der Waals surface area contributed by atoms with Crippen molar-refractivity contribution >= 4 is 10.9 Å². The Morgan fingerprint density at radius 1 is 0.667 bits per heavy atom. The van der Waals surface area contributed by atoms with Gasteiger partial charge in [0.2, 0.25) is 0 Å². The Hall–Kier alpha value is -3.78. The average Bonchev–Trinajstić information content (AvgIpc) is 3.20. The second-order valence-electron chi connectivity index (χ2n) is 7.41. The van der Waals surface area contributed by atoms with Crippen LogP contribution in [0.3, 0.4) is 0 Å². The maximum atomic E-state index is 5.78. The Morgan fingerprint density at radius 3 is 2.07 bits per heavy atom. The molecule has 0 spiro atoms. The Labute approximate surface area is 176 Å². The fraction of sp³-hybridized carbons (Fsp3) is 0.0714. The minimum atomic E-state index is 0.0185. The Bertz CT molecular complexity index is 1270. The highest BCUT2D eigenvalue weighted by atomic mass is 16.5. The summed E-state index contributed by atoms with van der Waals surface area (Å²) in [5.74, 6) is 0.911. The zero-order chi connectivity index (χ0) is 20.3. The van der Waals surface area contributed by atoms with Crippen LogP contribution in [0.1, 0.15) is 22.7 Å². The molecule has 0 amide bonds. The van der Waals surface area contributed by atoms with Gasteiger partial charge in [0.15, 0.2) is 0 Å². The third-order valence-corrected chi connectivity index (χ3v) is 5.67. The zero-order valence-corrected chi connectivity index (χ0v) is 16.9. The second-order valence-corrected chi connectivity index (χ2v) is 7.41. The van der Waals surface area contributed by atoms with Gasteiger partial charge in [-0.3, -0.25) is 0 Å². The lowest BCUT2D eigenvalue weighted by atomic mass is 9.84. The van der Waals surface area contributed by atoms with Gasteiger partial charge in [0.1, 0.15) is 5.75 Å². The first kappa shape index (κ1) is 18.3. The number of hydrogen-bond donors (Lipinski definition) is 1. The van der Waals surface area contributed by atoms with E-state index >= 15 is 0 Å². The van der Waals surface area contributed by atoms with Crippen molar-refractivity contribution in [1.82, 2.24) is 4.98 Å². The van der Waals surface area contributed by atoms with E-state index in [0.29, 0.717) is 0 Å². The summed E-state index contributed by atoms with van der Waals surface area (Å²) in [6.45, 7) is 0. The van der Waals surface area contributed by atoms with Crippen LogP contribution in [0.15, 0.2) is 109 Å². The molecule has 0 aliphatic heterocycles. The monoisotopic (exact) mass is 389 g/mol. The third-order valence-electron chi connectivity index (χ3n) is 5.67. The third kappa shape index (κ3) is 3.17. The van der Waals surface area contributed by atoms with E-state index in [-0.39, 0.29) is 5.92 Å². The molecular formula is C28H23NO. The first-order valence-electron chi connectivity index (χ1n) is 10.2. The van der Waals surface area contributed by atoms with Crippen LogP contribution in [0.5, 0.6) is 5.75 Å². The number of hydrogen-bond acceptors (Lipinski definition) is 1. The van der Waals surface area contributed by atoms with Crippen LogP contribution >= 0.6 is 0 Å². The summed E-state index contributed by atoms with van der Waals surface area (Å²) in [4.78, 5) is 3.76. The second kappa shape index (κ2) is 7.92. The lowest BCUT2D eigenvalue weighted by Gasteiger charge is -2.21. The molecule has 0 saturated carbocycles. The van der Waals surface area contributed by atoms with Gasteiger partial charge in [-0.25, -0.2) is 0 Å². The minimum Gasteiger partial charge on any atom is -0.496 e. The number of aromatic amines is 1. The number of nitrogens with one attached hydrogen (secondary N) is 1. The summed E-state index contributed by atoms with van der Waals surface area (Å²) in [5, 5.41) is 1.23. The number of H-pyrrole nitrogens is 1. The zero-order valence-electron chi connectivity index (χ0n) is 16.9. The summed E-state index contributed by atoms with van der Waals surface area (Å²) in [5.41, 5.74) is 7.15. The van der Waals surface area contributed by atoms with Gasteiger partial charge in [0.25, 0.3) is 0 Å². The van der Waals surface area contributed by atoms with Gasteiger partial charge in [-0.05, 0) is 23.3 Å². The molecule has 2 nitrogen and oxygen atoms in total. The van der Waals surface area contributed by atoms with Crippen LogP contribution in [0, 0.1) is 0 Å². The molecule has 1 unspecified atom stereocenters. The molecule has 0 aliphatic rings. The normalized spacial score (nSPS) is 12.0. The molecule has 1 aromatic heterocycles. The standard InChI is InChI=1S/C28H23NO/c1-30-25-19-11-9-17-23(25)27(21-14-6-3-7-15-21)28-26(20-12-4-2-5-13-20)22-16-8-10-18-24(22)29-28/h2-19,27,29H,1H3. The largest absolute Gasteiger partial charge is 0.496 e. The Morgan fingerprint density at radius 2 is 1.30 bits per heavy atom. The summed E-state index contributed by atoms with van der Waals surface area (Å²) >= 11 is 0. The fourth-order valence-electron chi connectivity index (χ4n) is 4.35. The highest BCUT2D eigenvalue weighted by Crippen LogP contribution is 2.43. The topological polar surface area (TPSA) is 25.0 Å². The van der Waals surface area contributed by atoms with Crippen molar-refractivity contribution in [2.75, 3.05) is 7.11 Å². The van der Waals surface area contributed by atoms with Gasteiger partial charge in [-0.15, -0.1) is 0 Å². The molecule has 0 saturated heterocycles. The minimum absolute atomic E-state index is 0.0185. The van der Waals surface area contributed by atoms with Crippen molar-refractivity contribution in [3.05, 3.63) is 126 Å². The van der Waals surface area contributed by atoms with Crippen molar-refractivity contribution in [1.29, 1.82) is 0 Å². The maximum absolute atomic E-state index is 5.78. The van der Waals surface area contributed by atoms with E-state index in [1.54, 1.807) is 7.11 Å².